The third-order valence-corrected chi connectivity index (χ3v) is 5.55. The summed E-state index contributed by atoms with van der Waals surface area (Å²) in [5, 5.41) is 5.76. The van der Waals surface area contributed by atoms with Crippen LogP contribution in [-0.4, -0.2) is 29.0 Å². The molecule has 2 heterocycles. The molecule has 0 spiro atoms. The van der Waals surface area contributed by atoms with Crippen LogP contribution in [0.5, 0.6) is 0 Å². The number of carbonyl (C=O) groups is 2. The molecule has 0 aliphatic heterocycles. The Hall–Kier alpha value is -2.22. The van der Waals surface area contributed by atoms with Crippen molar-refractivity contribution in [3.05, 3.63) is 21.8 Å². The number of hydrogen-bond donors (Lipinski definition) is 1. The van der Waals surface area contributed by atoms with E-state index in [1.807, 2.05) is 5.38 Å². The molecule has 0 aromatic carbocycles. The van der Waals surface area contributed by atoms with Crippen LogP contribution in [0.1, 0.15) is 60.4 Å². The summed E-state index contributed by atoms with van der Waals surface area (Å²) in [7, 11) is 1.30. The van der Waals surface area contributed by atoms with Crippen molar-refractivity contribution in [2.75, 3.05) is 7.11 Å². The van der Waals surface area contributed by atoms with E-state index in [1.54, 1.807) is 6.92 Å². The molecule has 1 atom stereocenters. The van der Waals surface area contributed by atoms with Crippen molar-refractivity contribution in [3.8, 4) is 11.6 Å². The average Bonchev–Trinajstić information content (AvgIpc) is 3.16. The largest absolute Gasteiger partial charge is 0.464 e. The third kappa shape index (κ3) is 3.65. The van der Waals surface area contributed by atoms with Crippen LogP contribution < -0.4 is 5.32 Å². The van der Waals surface area contributed by atoms with Crippen molar-refractivity contribution in [1.29, 1.82) is 0 Å². The van der Waals surface area contributed by atoms with Crippen LogP contribution in [-0.2, 0) is 9.53 Å². The van der Waals surface area contributed by atoms with Gasteiger partial charge in [-0.15, -0.1) is 11.3 Å². The summed E-state index contributed by atoms with van der Waals surface area (Å²) in [6, 6.07) is -0.155. The number of nitrogens with zero attached hydrogens (tertiary/aromatic N) is 2. The number of aryl methyl sites for hydroxylation is 1. The van der Waals surface area contributed by atoms with Gasteiger partial charge in [-0.1, -0.05) is 20.3 Å². The van der Waals surface area contributed by atoms with Gasteiger partial charge in [0.05, 0.1) is 13.2 Å². The highest BCUT2D eigenvalue weighted by molar-refractivity contribution is 7.10. The molecule has 0 radical (unpaired) electrons. The summed E-state index contributed by atoms with van der Waals surface area (Å²) in [6.07, 6.45) is 3.05. The number of hydrogen-bond acceptors (Lipinski definition) is 7. The standard InChI is InChI=1S/C18H23N3O4S/c1-9(2)13(20-15(22)11-6-5-7-11)17-19-12(8-26-17)16-21-14(10(3)25-16)18(23)24-4/h8-9,11,13H,5-7H2,1-4H3,(H,20,22)/t13-/m0/s1. The van der Waals surface area contributed by atoms with E-state index in [1.165, 1.54) is 18.4 Å². The average molecular weight is 377 g/mol. The van der Waals surface area contributed by atoms with Gasteiger partial charge in [0.1, 0.15) is 16.5 Å². The van der Waals surface area contributed by atoms with E-state index in [2.05, 4.69) is 29.1 Å². The van der Waals surface area contributed by atoms with Gasteiger partial charge in [0, 0.05) is 11.3 Å². The van der Waals surface area contributed by atoms with Gasteiger partial charge in [0.2, 0.25) is 11.8 Å². The van der Waals surface area contributed by atoms with E-state index >= 15 is 0 Å². The Balaban J connectivity index is 1.80. The number of ether oxygens (including phenoxy) is 1. The minimum absolute atomic E-state index is 0.103. The fraction of sp³-hybridized carbons (Fsp3) is 0.556. The number of amides is 1. The van der Waals surface area contributed by atoms with E-state index in [0.29, 0.717) is 11.5 Å². The lowest BCUT2D eigenvalue weighted by Crippen LogP contribution is -2.38. The van der Waals surface area contributed by atoms with Crippen LogP contribution in [0.15, 0.2) is 9.80 Å². The SMILES string of the molecule is COC(=O)c1nc(-c2csc([C@@H](NC(=O)C3CCC3)C(C)C)n2)oc1C. The van der Waals surface area contributed by atoms with Crippen molar-refractivity contribution >= 4 is 23.2 Å². The molecule has 0 unspecified atom stereocenters. The number of rotatable bonds is 6. The number of methoxy groups -OCH3 is 1. The van der Waals surface area contributed by atoms with Gasteiger partial charge in [-0.05, 0) is 25.7 Å². The van der Waals surface area contributed by atoms with Gasteiger partial charge in [0.25, 0.3) is 0 Å². The van der Waals surface area contributed by atoms with Crippen LogP contribution >= 0.6 is 11.3 Å². The minimum atomic E-state index is -0.541. The van der Waals surface area contributed by atoms with Gasteiger partial charge < -0.3 is 14.5 Å². The van der Waals surface area contributed by atoms with Gasteiger partial charge in [-0.2, -0.15) is 0 Å². The van der Waals surface area contributed by atoms with E-state index in [0.717, 1.165) is 24.3 Å². The van der Waals surface area contributed by atoms with Gasteiger partial charge >= 0.3 is 5.97 Å². The van der Waals surface area contributed by atoms with E-state index in [9.17, 15) is 9.59 Å². The molecule has 26 heavy (non-hydrogen) atoms. The highest BCUT2D eigenvalue weighted by atomic mass is 32.1. The van der Waals surface area contributed by atoms with Crippen molar-refractivity contribution in [2.45, 2.75) is 46.1 Å². The van der Waals surface area contributed by atoms with Crippen molar-refractivity contribution < 1.29 is 18.7 Å². The molecule has 3 rings (SSSR count). The lowest BCUT2D eigenvalue weighted by Gasteiger charge is -2.28. The maximum Gasteiger partial charge on any atom is 0.360 e. The number of esters is 1. The Morgan fingerprint density at radius 3 is 2.65 bits per heavy atom. The van der Waals surface area contributed by atoms with E-state index < -0.39 is 5.97 Å². The predicted molar refractivity (Wildman–Crippen MR) is 96.8 cm³/mol. The number of oxazole rings is 1. The maximum absolute atomic E-state index is 12.3. The molecule has 1 aliphatic rings. The van der Waals surface area contributed by atoms with Crippen LogP contribution in [0.25, 0.3) is 11.6 Å². The molecule has 0 saturated heterocycles. The Kier molecular flexibility index (Phi) is 5.41. The zero-order valence-electron chi connectivity index (χ0n) is 15.4. The normalized spacial score (nSPS) is 15.6. The summed E-state index contributed by atoms with van der Waals surface area (Å²) in [5.41, 5.74) is 0.697. The lowest BCUT2D eigenvalue weighted by molar-refractivity contribution is -0.128. The Bertz CT molecular complexity index is 807. The molecular formula is C18H23N3O4S. The van der Waals surface area contributed by atoms with Crippen LogP contribution in [0.4, 0.5) is 0 Å². The van der Waals surface area contributed by atoms with E-state index in [4.69, 9.17) is 9.15 Å². The molecule has 1 fully saturated rings. The number of aromatic nitrogens is 2. The van der Waals surface area contributed by atoms with E-state index in [-0.39, 0.29) is 35.4 Å². The first-order valence-corrected chi connectivity index (χ1v) is 9.60. The summed E-state index contributed by atoms with van der Waals surface area (Å²) in [6.45, 7) is 5.76. The van der Waals surface area contributed by atoms with Gasteiger partial charge in [-0.3, -0.25) is 4.79 Å². The fourth-order valence-electron chi connectivity index (χ4n) is 2.78. The van der Waals surface area contributed by atoms with Crippen LogP contribution in [0.2, 0.25) is 0 Å². The Morgan fingerprint density at radius 2 is 2.08 bits per heavy atom. The zero-order valence-corrected chi connectivity index (χ0v) is 16.2. The first-order chi connectivity index (χ1) is 12.4. The van der Waals surface area contributed by atoms with Gasteiger partial charge in [0.15, 0.2) is 5.69 Å². The molecule has 7 nitrogen and oxygen atoms in total. The Labute approximate surface area is 156 Å². The molecule has 2 aromatic rings. The van der Waals surface area contributed by atoms with Crippen LogP contribution in [0.3, 0.4) is 0 Å². The lowest BCUT2D eigenvalue weighted by atomic mass is 9.84. The second-order valence-electron chi connectivity index (χ2n) is 6.84. The molecule has 8 heteroatoms. The summed E-state index contributed by atoms with van der Waals surface area (Å²) < 4.78 is 10.3. The molecule has 1 amide bonds. The molecular weight excluding hydrogens is 354 g/mol. The zero-order chi connectivity index (χ0) is 18.8. The number of carbonyl (C=O) groups excluding carboxylic acids is 2. The maximum atomic E-state index is 12.3. The quantitative estimate of drug-likeness (QED) is 0.774. The topological polar surface area (TPSA) is 94.3 Å². The number of nitrogens with one attached hydrogen (secondary N) is 1. The molecule has 2 aromatic heterocycles. The van der Waals surface area contributed by atoms with Gasteiger partial charge in [-0.25, -0.2) is 14.8 Å². The summed E-state index contributed by atoms with van der Waals surface area (Å²) in [5.74, 6) is 0.563. The monoisotopic (exact) mass is 377 g/mol. The van der Waals surface area contributed by atoms with Crippen LogP contribution in [0, 0.1) is 18.8 Å². The smallest absolute Gasteiger partial charge is 0.360 e. The highest BCUT2D eigenvalue weighted by Gasteiger charge is 2.30. The first kappa shape index (κ1) is 18.6. The fourth-order valence-corrected chi connectivity index (χ4v) is 3.79. The molecule has 1 saturated carbocycles. The minimum Gasteiger partial charge on any atom is -0.464 e. The van der Waals surface area contributed by atoms with Crippen molar-refractivity contribution in [3.63, 3.8) is 0 Å². The second-order valence-corrected chi connectivity index (χ2v) is 7.73. The summed E-state index contributed by atoms with van der Waals surface area (Å²) in [4.78, 5) is 32.8. The van der Waals surface area contributed by atoms with Crippen molar-refractivity contribution in [1.82, 2.24) is 15.3 Å². The molecule has 140 valence electrons. The summed E-state index contributed by atoms with van der Waals surface area (Å²) >= 11 is 1.45. The third-order valence-electron chi connectivity index (χ3n) is 4.62. The number of thiazole rings is 1. The highest BCUT2D eigenvalue weighted by Crippen LogP contribution is 2.32. The molecule has 0 bridgehead atoms. The first-order valence-electron chi connectivity index (χ1n) is 8.72. The second kappa shape index (κ2) is 7.57. The molecule has 1 aliphatic carbocycles. The Morgan fingerprint density at radius 1 is 1.35 bits per heavy atom. The predicted octanol–water partition coefficient (Wildman–Crippen LogP) is 3.51. The van der Waals surface area contributed by atoms with Crippen molar-refractivity contribution in [2.24, 2.45) is 11.8 Å². The molecule has 1 N–H and O–H groups in total.